The van der Waals surface area contributed by atoms with E-state index in [0.717, 1.165) is 4.90 Å². The Kier molecular flexibility index (Phi) is 5.70. The van der Waals surface area contributed by atoms with Gasteiger partial charge < -0.3 is 10.6 Å². The number of nitrogens with zero attached hydrogens (tertiary/aromatic N) is 2. The molecule has 0 spiro atoms. The van der Waals surface area contributed by atoms with Crippen LogP contribution >= 0.6 is 0 Å². The van der Waals surface area contributed by atoms with Crippen LogP contribution in [0.2, 0.25) is 0 Å². The summed E-state index contributed by atoms with van der Waals surface area (Å²) < 4.78 is 90.6. The smallest absolute Gasteiger partial charge is 0.322 e. The Balaban J connectivity index is 2.28. The summed E-state index contributed by atoms with van der Waals surface area (Å²) in [4.78, 5) is 13.1. The summed E-state index contributed by atoms with van der Waals surface area (Å²) in [5.74, 6) is -0.910. The summed E-state index contributed by atoms with van der Waals surface area (Å²) in [5.41, 5.74) is 2.14. The highest BCUT2D eigenvalue weighted by Crippen LogP contribution is 2.36. The fourth-order valence-corrected chi connectivity index (χ4v) is 2.84. The van der Waals surface area contributed by atoms with Crippen molar-refractivity contribution in [2.45, 2.75) is 43.4 Å². The monoisotopic (exact) mass is 397 g/mol. The van der Waals surface area contributed by atoms with Crippen LogP contribution in [0.1, 0.15) is 23.1 Å². The zero-order chi connectivity index (χ0) is 20.6. The van der Waals surface area contributed by atoms with E-state index in [1.54, 1.807) is 6.07 Å². The summed E-state index contributed by atoms with van der Waals surface area (Å²) in [7, 11) is 0. The molecule has 2 rings (SSSR count). The number of halogens is 7. The van der Waals surface area contributed by atoms with Gasteiger partial charge in [0.25, 0.3) is 0 Å². The molecule has 1 aromatic rings. The Morgan fingerprint density at radius 2 is 1.70 bits per heavy atom. The van der Waals surface area contributed by atoms with Crippen molar-refractivity contribution in [3.8, 4) is 6.07 Å². The molecule has 3 atom stereocenters. The Hall–Kier alpha value is -2.35. The highest BCUT2D eigenvalue weighted by molar-refractivity contribution is 5.83. The molecule has 1 aromatic carbocycles. The lowest BCUT2D eigenvalue weighted by molar-refractivity contribution is -0.143. The van der Waals surface area contributed by atoms with Crippen LogP contribution < -0.4 is 5.73 Å². The van der Waals surface area contributed by atoms with Gasteiger partial charge in [-0.2, -0.15) is 31.6 Å². The quantitative estimate of drug-likeness (QED) is 0.798. The molecule has 0 unspecified atom stereocenters. The summed E-state index contributed by atoms with van der Waals surface area (Å²) in [6.45, 7) is -0.402. The van der Waals surface area contributed by atoms with Gasteiger partial charge in [-0.3, -0.25) is 4.79 Å². The molecular formula is C16H14F7N3O. The van der Waals surface area contributed by atoms with Gasteiger partial charge in [0.05, 0.1) is 29.8 Å². The number of carbonyl (C=O) groups is 1. The maximum absolute atomic E-state index is 13.4. The van der Waals surface area contributed by atoms with Gasteiger partial charge in [-0.05, 0) is 30.2 Å². The lowest BCUT2D eigenvalue weighted by Crippen LogP contribution is -2.47. The number of hydrogen-bond donors (Lipinski definition) is 1. The molecule has 1 aliphatic rings. The predicted octanol–water partition coefficient (Wildman–Crippen LogP) is 3.06. The number of amides is 1. The number of hydrogen-bond acceptors (Lipinski definition) is 3. The van der Waals surface area contributed by atoms with Crippen LogP contribution in [-0.4, -0.2) is 35.6 Å². The minimum atomic E-state index is -5.02. The van der Waals surface area contributed by atoms with E-state index in [1.165, 1.54) is 0 Å². The fraction of sp³-hybridized carbons (Fsp3) is 0.500. The molecule has 1 heterocycles. The second kappa shape index (κ2) is 7.34. The Morgan fingerprint density at radius 1 is 1.19 bits per heavy atom. The average Bonchev–Trinajstić information content (AvgIpc) is 2.93. The van der Waals surface area contributed by atoms with E-state index in [2.05, 4.69) is 0 Å². The van der Waals surface area contributed by atoms with E-state index in [4.69, 9.17) is 11.0 Å². The van der Waals surface area contributed by atoms with Crippen LogP contribution in [0.4, 0.5) is 30.7 Å². The minimum Gasteiger partial charge on any atom is -0.322 e. The molecule has 1 fully saturated rings. The lowest BCUT2D eigenvalue weighted by Gasteiger charge is -2.23. The molecule has 0 bridgehead atoms. The number of rotatable bonds is 3. The van der Waals surface area contributed by atoms with Crippen LogP contribution in [0.5, 0.6) is 0 Å². The second-order valence-corrected chi connectivity index (χ2v) is 6.19. The van der Waals surface area contributed by atoms with E-state index < -0.39 is 66.2 Å². The normalized spacial score (nSPS) is 21.8. The summed E-state index contributed by atoms with van der Waals surface area (Å²) in [6, 6.07) is 0.0438. The van der Waals surface area contributed by atoms with E-state index in [0.29, 0.717) is 12.1 Å². The van der Waals surface area contributed by atoms with Crippen molar-refractivity contribution < 1.29 is 35.5 Å². The van der Waals surface area contributed by atoms with Crippen LogP contribution in [0, 0.1) is 11.3 Å². The van der Waals surface area contributed by atoms with E-state index >= 15 is 0 Å². The van der Waals surface area contributed by atoms with Gasteiger partial charge >= 0.3 is 12.4 Å². The first kappa shape index (κ1) is 21.0. The number of alkyl halides is 7. The minimum absolute atomic E-state index is 0.0310. The third kappa shape index (κ3) is 4.88. The molecule has 1 amide bonds. The van der Waals surface area contributed by atoms with Crippen molar-refractivity contribution in [1.82, 2.24) is 4.90 Å². The number of nitrogens with two attached hydrogens (primary N) is 1. The Morgan fingerprint density at radius 3 is 2.15 bits per heavy atom. The molecule has 4 nitrogen and oxygen atoms in total. The van der Waals surface area contributed by atoms with E-state index in [9.17, 15) is 35.5 Å². The Bertz CT molecular complexity index is 722. The SMILES string of the molecule is N#C[C@@H]1C[C@H](F)CN1C(=O)[C@@H](N)Cc1cc(C(F)(F)F)cc(C(F)(F)F)c1. The first-order valence-electron chi connectivity index (χ1n) is 7.71. The maximum Gasteiger partial charge on any atom is 0.416 e. The molecule has 148 valence electrons. The molecule has 2 N–H and O–H groups in total. The molecule has 11 heteroatoms. The van der Waals surface area contributed by atoms with Crippen molar-refractivity contribution in [3.63, 3.8) is 0 Å². The summed E-state index contributed by atoms with van der Waals surface area (Å²) in [6.07, 6.45) is -12.3. The number of nitriles is 1. The third-order valence-electron chi connectivity index (χ3n) is 4.10. The van der Waals surface area contributed by atoms with Gasteiger partial charge in [-0.25, -0.2) is 4.39 Å². The third-order valence-corrected chi connectivity index (χ3v) is 4.10. The standard InChI is InChI=1S/C16H14F7N3O/c17-11-5-12(6-24)26(7-11)14(27)13(25)3-8-1-9(15(18,19)20)4-10(2-8)16(21,22)23/h1-2,4,11-13H,3,5,7,25H2/t11-,12-,13-/m0/s1. The predicted molar refractivity (Wildman–Crippen MR) is 78.8 cm³/mol. The fourth-order valence-electron chi connectivity index (χ4n) is 2.84. The highest BCUT2D eigenvalue weighted by atomic mass is 19.4. The molecule has 27 heavy (non-hydrogen) atoms. The molecule has 0 saturated carbocycles. The van der Waals surface area contributed by atoms with Gasteiger partial charge in [0.15, 0.2) is 0 Å². The molecule has 0 radical (unpaired) electrons. The number of benzene rings is 1. The second-order valence-electron chi connectivity index (χ2n) is 6.19. The maximum atomic E-state index is 13.4. The molecule has 1 aliphatic heterocycles. The van der Waals surface area contributed by atoms with Gasteiger partial charge in [0, 0.05) is 6.42 Å². The van der Waals surface area contributed by atoms with E-state index in [1.807, 2.05) is 0 Å². The van der Waals surface area contributed by atoms with Crippen molar-refractivity contribution in [3.05, 3.63) is 34.9 Å². The van der Waals surface area contributed by atoms with Crippen LogP contribution in [0.3, 0.4) is 0 Å². The van der Waals surface area contributed by atoms with Gasteiger partial charge in [-0.1, -0.05) is 0 Å². The van der Waals surface area contributed by atoms with Crippen molar-refractivity contribution in [2.75, 3.05) is 6.54 Å². The molecule has 0 aliphatic carbocycles. The Labute approximate surface area is 149 Å². The zero-order valence-corrected chi connectivity index (χ0v) is 13.6. The summed E-state index contributed by atoms with van der Waals surface area (Å²) >= 11 is 0. The number of carbonyl (C=O) groups excluding carboxylic acids is 1. The van der Waals surface area contributed by atoms with Crippen LogP contribution in [-0.2, 0) is 23.6 Å². The van der Waals surface area contributed by atoms with E-state index in [-0.39, 0.29) is 12.5 Å². The summed E-state index contributed by atoms with van der Waals surface area (Å²) in [5, 5.41) is 8.93. The molecule has 1 saturated heterocycles. The largest absolute Gasteiger partial charge is 0.416 e. The van der Waals surface area contributed by atoms with Crippen molar-refractivity contribution >= 4 is 5.91 Å². The zero-order valence-electron chi connectivity index (χ0n) is 13.6. The van der Waals surface area contributed by atoms with Gasteiger partial charge in [-0.15, -0.1) is 0 Å². The average molecular weight is 397 g/mol. The lowest BCUT2D eigenvalue weighted by atomic mass is 9.99. The first-order chi connectivity index (χ1) is 12.3. The van der Waals surface area contributed by atoms with Crippen LogP contribution in [0.25, 0.3) is 0 Å². The topological polar surface area (TPSA) is 70.1 Å². The van der Waals surface area contributed by atoms with Gasteiger partial charge in [0.1, 0.15) is 12.2 Å². The van der Waals surface area contributed by atoms with Crippen LogP contribution in [0.15, 0.2) is 18.2 Å². The number of likely N-dealkylation sites (tertiary alicyclic amines) is 1. The molecular weight excluding hydrogens is 383 g/mol. The first-order valence-corrected chi connectivity index (χ1v) is 7.71. The van der Waals surface area contributed by atoms with Gasteiger partial charge in [0.2, 0.25) is 5.91 Å². The molecule has 0 aromatic heterocycles. The highest BCUT2D eigenvalue weighted by Gasteiger charge is 2.39. The van der Waals surface area contributed by atoms with Crippen molar-refractivity contribution in [1.29, 1.82) is 5.26 Å². The van der Waals surface area contributed by atoms with Crippen molar-refractivity contribution in [2.24, 2.45) is 5.73 Å².